The average Bonchev–Trinajstić information content (AvgIpc) is 3.13. The molecule has 4 rings (SSSR count). The van der Waals surface area contributed by atoms with Gasteiger partial charge in [0.1, 0.15) is 18.2 Å². The number of hydrogen-bond acceptors (Lipinski definition) is 4. The second-order valence-corrected chi connectivity index (χ2v) is 9.52. The van der Waals surface area contributed by atoms with Crippen LogP contribution in [0.4, 0.5) is 0 Å². The van der Waals surface area contributed by atoms with E-state index in [-0.39, 0.29) is 30.8 Å². The quantitative estimate of drug-likeness (QED) is 0.272. The Morgan fingerprint density at radius 2 is 1.63 bits per heavy atom. The lowest BCUT2D eigenvalue weighted by Crippen LogP contribution is -2.37. The summed E-state index contributed by atoms with van der Waals surface area (Å²) in [5, 5.41) is 16.7. The van der Waals surface area contributed by atoms with Crippen LogP contribution in [-0.4, -0.2) is 40.4 Å². The first-order valence-corrected chi connectivity index (χ1v) is 12.0. The summed E-state index contributed by atoms with van der Waals surface area (Å²) in [6.45, 7) is 0.691. The van der Waals surface area contributed by atoms with Crippen molar-refractivity contribution < 1.29 is 19.4 Å². The van der Waals surface area contributed by atoms with Crippen LogP contribution in [0, 0.1) is 11.3 Å². The Bertz CT molecular complexity index is 1210. The van der Waals surface area contributed by atoms with E-state index in [1.165, 1.54) is 0 Å². The summed E-state index contributed by atoms with van der Waals surface area (Å²) in [5.74, 6) is -0.956. The van der Waals surface area contributed by atoms with Crippen LogP contribution in [0.3, 0.4) is 0 Å². The van der Waals surface area contributed by atoms with Gasteiger partial charge in [-0.15, -0.1) is 0 Å². The van der Waals surface area contributed by atoms with Crippen LogP contribution in [0.25, 0.3) is 11.1 Å². The number of carbonyl (C=O) groups excluding carboxylic acids is 1. The third-order valence-electron chi connectivity index (χ3n) is 6.14. The molecule has 0 saturated carbocycles. The minimum Gasteiger partial charge on any atom is -0.491 e. The van der Waals surface area contributed by atoms with Gasteiger partial charge in [-0.3, -0.25) is 15.0 Å². The molecule has 1 aliphatic rings. The number of carboxylic acids is 1. The predicted octanol–water partition coefficient (Wildman–Crippen LogP) is 4.67. The van der Waals surface area contributed by atoms with Crippen molar-refractivity contribution in [2.24, 2.45) is 11.7 Å². The van der Waals surface area contributed by atoms with E-state index in [9.17, 15) is 14.7 Å². The maximum Gasteiger partial charge on any atom is 0.304 e. The number of nitrogens with one attached hydrogen (secondary N) is 1. The zero-order valence-electron chi connectivity index (χ0n) is 19.0. The van der Waals surface area contributed by atoms with Crippen LogP contribution in [0.5, 0.6) is 5.75 Å². The highest BCUT2D eigenvalue weighted by atomic mass is 79.9. The number of amidine groups is 1. The topological polar surface area (TPSA) is 117 Å². The van der Waals surface area contributed by atoms with Crippen LogP contribution in [0.1, 0.15) is 24.0 Å². The third-order valence-corrected chi connectivity index (χ3v) is 6.67. The lowest BCUT2D eigenvalue weighted by molar-refractivity contribution is -0.142. The molecule has 0 spiro atoms. The van der Waals surface area contributed by atoms with E-state index in [2.05, 4.69) is 15.9 Å². The number of nitrogen functional groups attached to an aromatic ring is 1. The fraction of sp³-hybridized carbons (Fsp3) is 0.222. The molecule has 1 amide bonds. The standard InChI is InChI=1S/C27H26BrN3O4/c28-22-9-1-17(2-10-22)15-31-23(13-21(27(31)34)14-25(32)33)16-35-24-11-7-19(8-12-24)18-3-5-20(6-4-18)26(29)30/h1-12,21,23H,13-16H2,(H3,29,30)(H,32,33)/t21-,23-/m0/s1. The Morgan fingerprint density at radius 3 is 2.20 bits per heavy atom. The zero-order valence-corrected chi connectivity index (χ0v) is 20.6. The molecule has 2 atom stereocenters. The molecule has 1 saturated heterocycles. The Hall–Kier alpha value is -3.65. The molecule has 180 valence electrons. The van der Waals surface area contributed by atoms with Gasteiger partial charge < -0.3 is 20.5 Å². The van der Waals surface area contributed by atoms with Crippen molar-refractivity contribution in [1.82, 2.24) is 4.90 Å². The normalized spacial score (nSPS) is 17.4. The van der Waals surface area contributed by atoms with Crippen molar-refractivity contribution in [3.63, 3.8) is 0 Å². The summed E-state index contributed by atoms with van der Waals surface area (Å²) in [5.41, 5.74) is 9.17. The predicted molar refractivity (Wildman–Crippen MR) is 137 cm³/mol. The number of ether oxygens (including phenoxy) is 1. The van der Waals surface area contributed by atoms with Crippen LogP contribution < -0.4 is 10.5 Å². The summed E-state index contributed by atoms with van der Waals surface area (Å²) in [7, 11) is 0. The van der Waals surface area contributed by atoms with Gasteiger partial charge in [-0.2, -0.15) is 0 Å². The van der Waals surface area contributed by atoms with E-state index in [4.69, 9.17) is 15.9 Å². The number of carboxylic acid groups (broad SMARTS) is 1. The van der Waals surface area contributed by atoms with E-state index in [0.29, 0.717) is 24.3 Å². The summed E-state index contributed by atoms with van der Waals surface area (Å²) in [6.07, 6.45) is 0.269. The largest absolute Gasteiger partial charge is 0.491 e. The molecule has 3 aromatic rings. The smallest absolute Gasteiger partial charge is 0.304 e. The molecular weight excluding hydrogens is 510 g/mol. The van der Waals surface area contributed by atoms with Crippen molar-refractivity contribution >= 4 is 33.6 Å². The van der Waals surface area contributed by atoms with Crippen LogP contribution in [0.15, 0.2) is 77.3 Å². The van der Waals surface area contributed by atoms with Gasteiger partial charge >= 0.3 is 5.97 Å². The van der Waals surface area contributed by atoms with Gasteiger partial charge in [-0.25, -0.2) is 0 Å². The molecule has 1 aliphatic heterocycles. The Labute approximate surface area is 212 Å². The molecule has 35 heavy (non-hydrogen) atoms. The van der Waals surface area contributed by atoms with Crippen molar-refractivity contribution in [2.75, 3.05) is 6.61 Å². The Kier molecular flexibility index (Phi) is 7.51. The van der Waals surface area contributed by atoms with Crippen molar-refractivity contribution in [3.05, 3.63) is 88.4 Å². The number of halogens is 1. The Morgan fingerprint density at radius 1 is 1.03 bits per heavy atom. The van der Waals surface area contributed by atoms with Crippen molar-refractivity contribution in [2.45, 2.75) is 25.4 Å². The molecule has 8 heteroatoms. The lowest BCUT2D eigenvalue weighted by Gasteiger charge is -2.25. The first-order valence-electron chi connectivity index (χ1n) is 11.2. The Balaban J connectivity index is 1.43. The zero-order chi connectivity index (χ0) is 24.9. The molecule has 0 radical (unpaired) electrons. The number of amides is 1. The summed E-state index contributed by atoms with van der Waals surface area (Å²) < 4.78 is 6.98. The molecular formula is C27H26BrN3O4. The fourth-order valence-electron chi connectivity index (χ4n) is 4.28. The SMILES string of the molecule is N=C(N)c1ccc(-c2ccc(OC[C@@H]3C[C@@H](CC(=O)O)C(=O)N3Cc3ccc(Br)cc3)cc2)cc1. The third kappa shape index (κ3) is 6.08. The van der Waals surface area contributed by atoms with E-state index >= 15 is 0 Å². The molecule has 0 bridgehead atoms. The van der Waals surface area contributed by atoms with Crippen molar-refractivity contribution in [1.29, 1.82) is 5.41 Å². The highest BCUT2D eigenvalue weighted by Crippen LogP contribution is 2.30. The second-order valence-electron chi connectivity index (χ2n) is 8.60. The number of benzene rings is 3. The number of likely N-dealkylation sites (tertiary alicyclic amines) is 1. The van der Waals surface area contributed by atoms with Gasteiger partial charge in [-0.05, 0) is 47.4 Å². The molecule has 7 nitrogen and oxygen atoms in total. The number of carbonyl (C=O) groups is 2. The molecule has 4 N–H and O–H groups in total. The summed E-state index contributed by atoms with van der Waals surface area (Å²) >= 11 is 3.42. The molecule has 0 aliphatic carbocycles. The van der Waals surface area contributed by atoms with Crippen LogP contribution >= 0.6 is 15.9 Å². The lowest BCUT2D eigenvalue weighted by atomic mass is 10.0. The van der Waals surface area contributed by atoms with Crippen LogP contribution in [0.2, 0.25) is 0 Å². The average molecular weight is 536 g/mol. The van der Waals surface area contributed by atoms with Gasteiger partial charge in [0.05, 0.1) is 18.4 Å². The molecule has 0 unspecified atom stereocenters. The van der Waals surface area contributed by atoms with E-state index in [1.807, 2.05) is 72.8 Å². The number of nitrogens with zero attached hydrogens (tertiary/aromatic N) is 1. The highest BCUT2D eigenvalue weighted by molar-refractivity contribution is 9.10. The van der Waals surface area contributed by atoms with Gasteiger partial charge in [0.25, 0.3) is 0 Å². The number of aliphatic carboxylic acids is 1. The summed E-state index contributed by atoms with van der Waals surface area (Å²) in [4.78, 5) is 26.0. The van der Waals surface area contributed by atoms with E-state index in [0.717, 1.165) is 21.2 Å². The maximum absolute atomic E-state index is 13.0. The molecule has 1 heterocycles. The molecule has 3 aromatic carbocycles. The van der Waals surface area contributed by atoms with Crippen LogP contribution in [-0.2, 0) is 16.1 Å². The van der Waals surface area contributed by atoms with Crippen molar-refractivity contribution in [3.8, 4) is 16.9 Å². The van der Waals surface area contributed by atoms with E-state index < -0.39 is 11.9 Å². The minimum atomic E-state index is -0.972. The highest BCUT2D eigenvalue weighted by Gasteiger charge is 2.40. The first kappa shape index (κ1) is 24.5. The number of hydrogen-bond donors (Lipinski definition) is 3. The minimum absolute atomic E-state index is 0.0328. The van der Waals surface area contributed by atoms with Gasteiger partial charge in [0, 0.05) is 16.6 Å². The summed E-state index contributed by atoms with van der Waals surface area (Å²) in [6, 6.07) is 22.6. The van der Waals surface area contributed by atoms with Gasteiger partial charge in [-0.1, -0.05) is 64.5 Å². The maximum atomic E-state index is 13.0. The molecule has 1 fully saturated rings. The number of rotatable bonds is 9. The monoisotopic (exact) mass is 535 g/mol. The second kappa shape index (κ2) is 10.7. The van der Waals surface area contributed by atoms with Gasteiger partial charge in [0.2, 0.25) is 5.91 Å². The van der Waals surface area contributed by atoms with E-state index in [1.54, 1.807) is 4.90 Å². The van der Waals surface area contributed by atoms with Gasteiger partial charge in [0.15, 0.2) is 0 Å². The number of nitrogens with two attached hydrogens (primary N) is 1. The molecule has 0 aromatic heterocycles. The first-order chi connectivity index (χ1) is 16.8. The fourth-order valence-corrected chi connectivity index (χ4v) is 4.55.